The molecule has 0 spiro atoms. The molecule has 0 heterocycles. The van der Waals surface area contributed by atoms with Gasteiger partial charge in [-0.2, -0.15) is 0 Å². The summed E-state index contributed by atoms with van der Waals surface area (Å²) in [5.74, 6) is -0.209. The Hall–Kier alpha value is -4.05. The number of aryl methyl sites for hydroxylation is 2. The Bertz CT molecular complexity index is 1460. The fourth-order valence-corrected chi connectivity index (χ4v) is 5.76. The highest BCUT2D eigenvalue weighted by atomic mass is 32.2. The number of carbonyl (C=O) groups is 2. The van der Waals surface area contributed by atoms with E-state index in [-0.39, 0.29) is 23.1 Å². The Labute approximate surface area is 243 Å². The van der Waals surface area contributed by atoms with E-state index in [9.17, 15) is 18.0 Å². The quantitative estimate of drug-likeness (QED) is 0.320. The second-order valence-electron chi connectivity index (χ2n) is 9.84. The predicted octanol–water partition coefficient (Wildman–Crippen LogP) is 4.46. The van der Waals surface area contributed by atoms with Crippen molar-refractivity contribution in [3.05, 3.63) is 83.4 Å². The van der Waals surface area contributed by atoms with Crippen molar-refractivity contribution < 1.29 is 27.5 Å². The standard InChI is InChI=1S/C31H39N3O6S/c1-7-17-32-31(36)24(4)33(20-25-10-8-9-23(3)18-25)30(35)21-34(26-13-11-22(2)12-14-26)41(37,38)27-15-16-28(39-5)29(19-27)40-6/h8-16,18-19,24H,7,17,20-21H2,1-6H3,(H,32,36)/t24-/m1/s1. The summed E-state index contributed by atoms with van der Waals surface area (Å²) in [5, 5.41) is 2.84. The van der Waals surface area contributed by atoms with Crippen molar-refractivity contribution in [3.63, 3.8) is 0 Å². The third-order valence-corrected chi connectivity index (χ3v) is 8.47. The largest absolute Gasteiger partial charge is 0.493 e. The Morgan fingerprint density at radius 3 is 2.20 bits per heavy atom. The van der Waals surface area contributed by atoms with Crippen molar-refractivity contribution in [2.75, 3.05) is 31.6 Å². The lowest BCUT2D eigenvalue weighted by molar-refractivity contribution is -0.139. The summed E-state index contributed by atoms with van der Waals surface area (Å²) < 4.78 is 39.8. The molecule has 0 aromatic heterocycles. The number of methoxy groups -OCH3 is 2. The summed E-state index contributed by atoms with van der Waals surface area (Å²) >= 11 is 0. The van der Waals surface area contributed by atoms with Crippen LogP contribution in [0.15, 0.2) is 71.6 Å². The number of amides is 2. The maximum absolute atomic E-state index is 14.1. The number of sulfonamides is 1. The summed E-state index contributed by atoms with van der Waals surface area (Å²) in [7, 11) is -1.36. The zero-order chi connectivity index (χ0) is 30.2. The first-order chi connectivity index (χ1) is 19.5. The first-order valence-electron chi connectivity index (χ1n) is 13.5. The summed E-state index contributed by atoms with van der Waals surface area (Å²) in [6.07, 6.45) is 0.745. The van der Waals surface area contributed by atoms with E-state index in [2.05, 4.69) is 5.32 Å². The van der Waals surface area contributed by atoms with Gasteiger partial charge < -0.3 is 19.7 Å². The molecular weight excluding hydrogens is 542 g/mol. The molecule has 41 heavy (non-hydrogen) atoms. The Morgan fingerprint density at radius 1 is 0.902 bits per heavy atom. The van der Waals surface area contributed by atoms with Crippen LogP contribution < -0.4 is 19.1 Å². The molecule has 9 nitrogen and oxygen atoms in total. The van der Waals surface area contributed by atoms with Gasteiger partial charge in [0.15, 0.2) is 11.5 Å². The number of hydrogen-bond donors (Lipinski definition) is 1. The fourth-order valence-electron chi connectivity index (χ4n) is 4.33. The minimum Gasteiger partial charge on any atom is -0.493 e. The number of benzene rings is 3. The van der Waals surface area contributed by atoms with E-state index in [0.29, 0.717) is 18.0 Å². The lowest BCUT2D eigenvalue weighted by Crippen LogP contribution is -2.51. The molecule has 3 rings (SSSR count). The van der Waals surface area contributed by atoms with Crippen LogP contribution in [-0.2, 0) is 26.2 Å². The van der Waals surface area contributed by atoms with Crippen molar-refractivity contribution in [3.8, 4) is 11.5 Å². The van der Waals surface area contributed by atoms with Crippen LogP contribution in [0, 0.1) is 13.8 Å². The van der Waals surface area contributed by atoms with Crippen LogP contribution in [0.1, 0.15) is 37.0 Å². The molecular formula is C31H39N3O6S. The smallest absolute Gasteiger partial charge is 0.264 e. The van der Waals surface area contributed by atoms with Gasteiger partial charge in [0.25, 0.3) is 10.0 Å². The molecule has 0 radical (unpaired) electrons. The molecule has 0 saturated carbocycles. The molecule has 0 aliphatic carbocycles. The number of nitrogens with one attached hydrogen (secondary N) is 1. The number of carbonyl (C=O) groups excluding carboxylic acids is 2. The van der Waals surface area contributed by atoms with Gasteiger partial charge >= 0.3 is 0 Å². The highest BCUT2D eigenvalue weighted by Crippen LogP contribution is 2.32. The third kappa shape index (κ3) is 7.79. The molecule has 0 unspecified atom stereocenters. The Balaban J connectivity index is 2.06. The lowest BCUT2D eigenvalue weighted by Gasteiger charge is -2.32. The van der Waals surface area contributed by atoms with Gasteiger partial charge in [-0.05, 0) is 57.0 Å². The molecule has 0 aliphatic heterocycles. The van der Waals surface area contributed by atoms with E-state index >= 15 is 0 Å². The van der Waals surface area contributed by atoms with Gasteiger partial charge in [-0.25, -0.2) is 8.42 Å². The minimum absolute atomic E-state index is 0.0671. The van der Waals surface area contributed by atoms with Gasteiger partial charge in [0.05, 0.1) is 24.8 Å². The molecule has 1 atom stereocenters. The van der Waals surface area contributed by atoms with E-state index in [1.54, 1.807) is 31.2 Å². The molecule has 3 aromatic carbocycles. The van der Waals surface area contributed by atoms with Crippen LogP contribution in [0.2, 0.25) is 0 Å². The first-order valence-corrected chi connectivity index (χ1v) is 14.9. The summed E-state index contributed by atoms with van der Waals surface area (Å²) in [6, 6.07) is 18.0. The second-order valence-corrected chi connectivity index (χ2v) is 11.7. The van der Waals surface area contributed by atoms with Crippen LogP contribution in [0.3, 0.4) is 0 Å². The van der Waals surface area contributed by atoms with Gasteiger partial charge in [-0.1, -0.05) is 54.4 Å². The normalized spacial score (nSPS) is 11.9. The van der Waals surface area contributed by atoms with Crippen LogP contribution in [-0.4, -0.2) is 58.5 Å². The second kappa shape index (κ2) is 14.0. The number of anilines is 1. The summed E-state index contributed by atoms with van der Waals surface area (Å²) in [5.41, 5.74) is 3.09. The topological polar surface area (TPSA) is 105 Å². The van der Waals surface area contributed by atoms with Crippen LogP contribution in [0.4, 0.5) is 5.69 Å². The van der Waals surface area contributed by atoms with Crippen molar-refractivity contribution in [2.45, 2.75) is 51.6 Å². The summed E-state index contributed by atoms with van der Waals surface area (Å²) in [6.45, 7) is 7.52. The zero-order valence-corrected chi connectivity index (χ0v) is 25.3. The minimum atomic E-state index is -4.24. The average molecular weight is 582 g/mol. The van der Waals surface area contributed by atoms with Crippen molar-refractivity contribution >= 4 is 27.5 Å². The van der Waals surface area contributed by atoms with Gasteiger partial charge in [0.1, 0.15) is 12.6 Å². The monoisotopic (exact) mass is 581 g/mol. The van der Waals surface area contributed by atoms with Gasteiger partial charge in [-0.15, -0.1) is 0 Å². The van der Waals surface area contributed by atoms with E-state index < -0.39 is 28.5 Å². The SMILES string of the molecule is CCCNC(=O)[C@@H](C)N(Cc1cccc(C)c1)C(=O)CN(c1ccc(C)cc1)S(=O)(=O)c1ccc(OC)c(OC)c1. The Morgan fingerprint density at radius 2 is 1.59 bits per heavy atom. The van der Waals surface area contributed by atoms with Crippen LogP contribution in [0.25, 0.3) is 0 Å². The van der Waals surface area contributed by atoms with Crippen molar-refractivity contribution in [1.82, 2.24) is 10.2 Å². The number of nitrogens with zero attached hydrogens (tertiary/aromatic N) is 2. The van der Waals surface area contributed by atoms with Gasteiger partial charge in [-0.3, -0.25) is 13.9 Å². The zero-order valence-electron chi connectivity index (χ0n) is 24.5. The molecule has 0 bridgehead atoms. The summed E-state index contributed by atoms with van der Waals surface area (Å²) in [4.78, 5) is 28.3. The highest BCUT2D eigenvalue weighted by molar-refractivity contribution is 7.92. The number of rotatable bonds is 13. The van der Waals surface area contributed by atoms with E-state index in [0.717, 1.165) is 27.4 Å². The first kappa shape index (κ1) is 31.5. The average Bonchev–Trinajstić information content (AvgIpc) is 2.97. The van der Waals surface area contributed by atoms with Crippen molar-refractivity contribution in [2.24, 2.45) is 0 Å². The molecule has 0 fully saturated rings. The molecule has 0 aliphatic rings. The van der Waals surface area contributed by atoms with E-state index in [1.807, 2.05) is 45.0 Å². The van der Waals surface area contributed by atoms with Gasteiger partial charge in [0, 0.05) is 19.2 Å². The predicted molar refractivity (Wildman–Crippen MR) is 160 cm³/mol. The fraction of sp³-hybridized carbons (Fsp3) is 0.355. The van der Waals surface area contributed by atoms with Crippen molar-refractivity contribution in [1.29, 1.82) is 0 Å². The lowest BCUT2D eigenvalue weighted by atomic mass is 10.1. The van der Waals surface area contributed by atoms with E-state index in [1.165, 1.54) is 37.3 Å². The highest BCUT2D eigenvalue weighted by Gasteiger charge is 2.33. The molecule has 10 heteroatoms. The third-order valence-electron chi connectivity index (χ3n) is 6.70. The van der Waals surface area contributed by atoms with Gasteiger partial charge in [0.2, 0.25) is 11.8 Å². The molecule has 2 amide bonds. The molecule has 3 aromatic rings. The molecule has 220 valence electrons. The number of hydrogen-bond acceptors (Lipinski definition) is 6. The van der Waals surface area contributed by atoms with E-state index in [4.69, 9.17) is 9.47 Å². The maximum Gasteiger partial charge on any atom is 0.264 e. The Kier molecular flexibility index (Phi) is 10.8. The van der Waals surface area contributed by atoms with Crippen LogP contribution >= 0.6 is 0 Å². The molecule has 1 N–H and O–H groups in total. The number of ether oxygens (including phenoxy) is 2. The van der Waals surface area contributed by atoms with Crippen LogP contribution in [0.5, 0.6) is 11.5 Å². The molecule has 0 saturated heterocycles. The maximum atomic E-state index is 14.1.